The summed E-state index contributed by atoms with van der Waals surface area (Å²) < 4.78 is 9.92. The molecule has 0 aromatic carbocycles. The van der Waals surface area contributed by atoms with Gasteiger partial charge in [0, 0.05) is 14.2 Å². The SMILES string of the molecule is CO[C@H]1O[C@@H](CO)[C@@H](O)[C@H](NC(=O)N(C)N=O)[C@H]1O. The summed E-state index contributed by atoms with van der Waals surface area (Å²) in [5, 5.41) is 33.9. The number of amides is 2. The van der Waals surface area contributed by atoms with Crippen molar-refractivity contribution in [1.29, 1.82) is 0 Å². The summed E-state index contributed by atoms with van der Waals surface area (Å²) in [6.07, 6.45) is -4.89. The molecule has 19 heavy (non-hydrogen) atoms. The molecule has 0 bridgehead atoms. The lowest BCUT2D eigenvalue weighted by molar-refractivity contribution is -0.270. The van der Waals surface area contributed by atoms with Crippen molar-refractivity contribution in [2.75, 3.05) is 20.8 Å². The molecule has 1 rings (SSSR count). The summed E-state index contributed by atoms with van der Waals surface area (Å²) in [6.45, 7) is -0.526. The van der Waals surface area contributed by atoms with Crippen molar-refractivity contribution in [3.05, 3.63) is 4.91 Å². The first-order valence-corrected chi connectivity index (χ1v) is 5.49. The molecule has 1 fully saturated rings. The number of aliphatic hydroxyl groups excluding tert-OH is 3. The second-order valence-electron chi connectivity index (χ2n) is 4.02. The Balaban J connectivity index is 2.81. The van der Waals surface area contributed by atoms with Gasteiger partial charge in [0.15, 0.2) is 6.29 Å². The highest BCUT2D eigenvalue weighted by molar-refractivity contribution is 5.73. The summed E-state index contributed by atoms with van der Waals surface area (Å²) >= 11 is 0. The zero-order valence-corrected chi connectivity index (χ0v) is 10.5. The fourth-order valence-corrected chi connectivity index (χ4v) is 1.73. The van der Waals surface area contributed by atoms with Crippen LogP contribution < -0.4 is 5.32 Å². The van der Waals surface area contributed by atoms with Crippen LogP contribution in [-0.4, -0.2) is 77.8 Å². The average Bonchev–Trinajstić information content (AvgIpc) is 2.42. The molecule has 0 aromatic rings. The zero-order chi connectivity index (χ0) is 14.6. The highest BCUT2D eigenvalue weighted by Crippen LogP contribution is 2.21. The van der Waals surface area contributed by atoms with E-state index < -0.39 is 43.3 Å². The molecule has 1 aliphatic heterocycles. The van der Waals surface area contributed by atoms with E-state index in [1.807, 2.05) is 0 Å². The minimum Gasteiger partial charge on any atom is -0.394 e. The minimum atomic E-state index is -1.37. The van der Waals surface area contributed by atoms with E-state index in [2.05, 4.69) is 10.6 Å². The van der Waals surface area contributed by atoms with Gasteiger partial charge < -0.3 is 30.1 Å². The van der Waals surface area contributed by atoms with Gasteiger partial charge in [-0.2, -0.15) is 5.01 Å². The van der Waals surface area contributed by atoms with E-state index in [4.69, 9.17) is 14.6 Å². The van der Waals surface area contributed by atoms with Gasteiger partial charge in [-0.1, -0.05) is 0 Å². The maximum atomic E-state index is 11.5. The first-order chi connectivity index (χ1) is 8.96. The molecule has 0 spiro atoms. The normalized spacial score (nSPS) is 34.7. The third-order valence-electron chi connectivity index (χ3n) is 2.82. The number of rotatable bonds is 4. The Morgan fingerprint density at radius 3 is 2.58 bits per heavy atom. The second kappa shape index (κ2) is 6.73. The lowest BCUT2D eigenvalue weighted by Gasteiger charge is -2.41. The van der Waals surface area contributed by atoms with E-state index in [0.717, 1.165) is 7.05 Å². The van der Waals surface area contributed by atoms with Gasteiger partial charge in [0.25, 0.3) is 0 Å². The Bertz CT molecular complexity index is 313. The maximum Gasteiger partial charge on any atom is 0.340 e. The third kappa shape index (κ3) is 3.36. The number of methoxy groups -OCH3 is 1. The molecule has 10 nitrogen and oxygen atoms in total. The number of nitrogens with zero attached hydrogens (tertiary/aromatic N) is 2. The van der Waals surface area contributed by atoms with Crippen molar-refractivity contribution in [3.63, 3.8) is 0 Å². The Kier molecular flexibility index (Phi) is 5.57. The van der Waals surface area contributed by atoms with Gasteiger partial charge in [-0.05, 0) is 0 Å². The van der Waals surface area contributed by atoms with Gasteiger partial charge in [0.05, 0.1) is 17.9 Å². The average molecular weight is 279 g/mol. The summed E-state index contributed by atoms with van der Waals surface area (Å²) in [7, 11) is 2.37. The summed E-state index contributed by atoms with van der Waals surface area (Å²) in [4.78, 5) is 21.7. The Labute approximate surface area is 108 Å². The zero-order valence-electron chi connectivity index (χ0n) is 10.5. The van der Waals surface area contributed by atoms with Crippen LogP contribution in [0.3, 0.4) is 0 Å². The molecule has 0 unspecified atom stereocenters. The van der Waals surface area contributed by atoms with Crippen molar-refractivity contribution < 1.29 is 29.6 Å². The Hall–Kier alpha value is -1.33. The molecule has 5 atom stereocenters. The van der Waals surface area contributed by atoms with Crippen LogP contribution in [0.2, 0.25) is 0 Å². The van der Waals surface area contributed by atoms with Gasteiger partial charge in [-0.3, -0.25) is 0 Å². The fourth-order valence-electron chi connectivity index (χ4n) is 1.73. The van der Waals surface area contributed by atoms with Crippen LogP contribution in [0.5, 0.6) is 0 Å². The van der Waals surface area contributed by atoms with Crippen molar-refractivity contribution in [1.82, 2.24) is 10.3 Å². The molecule has 2 amide bonds. The van der Waals surface area contributed by atoms with Gasteiger partial charge >= 0.3 is 6.03 Å². The smallest absolute Gasteiger partial charge is 0.340 e. The minimum absolute atomic E-state index is 0.463. The molecule has 1 saturated heterocycles. The predicted molar refractivity (Wildman–Crippen MR) is 60.6 cm³/mol. The van der Waals surface area contributed by atoms with E-state index >= 15 is 0 Å². The Morgan fingerprint density at radius 2 is 2.11 bits per heavy atom. The number of nitroso groups, excluding NO2 is 1. The molecule has 4 N–H and O–H groups in total. The van der Waals surface area contributed by atoms with E-state index in [1.165, 1.54) is 7.11 Å². The molecule has 0 saturated carbocycles. The fraction of sp³-hybridized carbons (Fsp3) is 0.889. The largest absolute Gasteiger partial charge is 0.394 e. The molecule has 0 radical (unpaired) electrons. The monoisotopic (exact) mass is 279 g/mol. The van der Waals surface area contributed by atoms with Crippen LogP contribution in [0.1, 0.15) is 0 Å². The number of hydrogen-bond donors (Lipinski definition) is 4. The van der Waals surface area contributed by atoms with Crippen LogP contribution >= 0.6 is 0 Å². The lowest BCUT2D eigenvalue weighted by Crippen LogP contribution is -2.65. The number of ether oxygens (including phenoxy) is 2. The third-order valence-corrected chi connectivity index (χ3v) is 2.82. The standard InChI is InChI=1S/C9H17N3O7/c1-12(11-17)9(16)10-5-6(14)4(3-13)19-8(18-2)7(5)15/h4-8,13-15H,3H2,1-2H3,(H,10,16)/t4-,5-,6+,7+,8-/m0/s1. The summed E-state index contributed by atoms with van der Waals surface area (Å²) in [5.74, 6) is 0. The molecule has 0 aromatic heterocycles. The summed E-state index contributed by atoms with van der Waals surface area (Å²) in [5.41, 5.74) is 0. The van der Waals surface area contributed by atoms with Crippen LogP contribution in [0.25, 0.3) is 0 Å². The van der Waals surface area contributed by atoms with E-state index in [-0.39, 0.29) is 0 Å². The van der Waals surface area contributed by atoms with Crippen molar-refractivity contribution in [2.45, 2.75) is 30.6 Å². The number of nitrogens with one attached hydrogen (secondary N) is 1. The molecule has 1 heterocycles. The number of carbonyl (C=O) groups is 1. The first-order valence-electron chi connectivity index (χ1n) is 5.49. The first kappa shape index (κ1) is 15.7. The van der Waals surface area contributed by atoms with Crippen molar-refractivity contribution in [2.24, 2.45) is 5.29 Å². The number of urea groups is 1. The molecule has 1 aliphatic rings. The topological polar surface area (TPSA) is 141 Å². The quantitative estimate of drug-likeness (QED) is 0.337. The number of hydrogen-bond acceptors (Lipinski definition) is 8. The maximum absolute atomic E-state index is 11.5. The molecular formula is C9H17N3O7. The van der Waals surface area contributed by atoms with E-state index in [0.29, 0.717) is 5.01 Å². The highest BCUT2D eigenvalue weighted by Gasteiger charge is 2.45. The second-order valence-corrected chi connectivity index (χ2v) is 4.02. The molecule has 0 aliphatic carbocycles. The van der Waals surface area contributed by atoms with Gasteiger partial charge in [0.1, 0.15) is 18.3 Å². The van der Waals surface area contributed by atoms with Crippen LogP contribution in [0, 0.1) is 4.91 Å². The van der Waals surface area contributed by atoms with E-state index in [1.54, 1.807) is 0 Å². The van der Waals surface area contributed by atoms with Gasteiger partial charge in [-0.15, -0.1) is 4.91 Å². The van der Waals surface area contributed by atoms with Gasteiger partial charge in [-0.25, -0.2) is 4.79 Å². The molecule has 10 heteroatoms. The number of aliphatic hydroxyl groups is 3. The van der Waals surface area contributed by atoms with Crippen molar-refractivity contribution >= 4 is 6.03 Å². The van der Waals surface area contributed by atoms with Gasteiger partial charge in [0.2, 0.25) is 0 Å². The lowest BCUT2D eigenvalue weighted by atomic mass is 9.96. The van der Waals surface area contributed by atoms with Crippen LogP contribution in [0.15, 0.2) is 5.29 Å². The Morgan fingerprint density at radius 1 is 1.47 bits per heavy atom. The molecular weight excluding hydrogens is 262 g/mol. The molecule has 110 valence electrons. The highest BCUT2D eigenvalue weighted by atomic mass is 16.7. The van der Waals surface area contributed by atoms with Crippen LogP contribution in [-0.2, 0) is 9.47 Å². The predicted octanol–water partition coefficient (Wildman–Crippen LogP) is -2.24. The van der Waals surface area contributed by atoms with Crippen LogP contribution in [0.4, 0.5) is 4.79 Å². The van der Waals surface area contributed by atoms with E-state index in [9.17, 15) is 19.9 Å². The summed E-state index contributed by atoms with van der Waals surface area (Å²) in [6, 6.07) is -2.08. The van der Waals surface area contributed by atoms with Crippen molar-refractivity contribution in [3.8, 4) is 0 Å². The number of carbonyl (C=O) groups excluding carboxylic acids is 1.